The molecule has 2 atom stereocenters. The fourth-order valence-electron chi connectivity index (χ4n) is 3.03. The predicted molar refractivity (Wildman–Crippen MR) is 83.9 cm³/mol. The van der Waals surface area contributed by atoms with E-state index < -0.39 is 0 Å². The van der Waals surface area contributed by atoms with Gasteiger partial charge in [0.1, 0.15) is 6.10 Å². The Morgan fingerprint density at radius 1 is 1.43 bits per heavy atom. The smallest absolute Gasteiger partial charge is 0.272 e. The molecule has 1 fully saturated rings. The van der Waals surface area contributed by atoms with Crippen molar-refractivity contribution >= 4 is 16.8 Å². The number of H-pyrrole nitrogens is 1. The van der Waals surface area contributed by atoms with Gasteiger partial charge in [-0.05, 0) is 12.5 Å². The zero-order valence-corrected chi connectivity index (χ0v) is 12.7. The van der Waals surface area contributed by atoms with Crippen molar-refractivity contribution in [2.75, 3.05) is 6.61 Å². The van der Waals surface area contributed by atoms with Crippen LogP contribution in [0.5, 0.6) is 0 Å². The van der Waals surface area contributed by atoms with E-state index in [2.05, 4.69) is 20.6 Å². The van der Waals surface area contributed by atoms with E-state index in [9.17, 15) is 4.79 Å². The molecule has 0 spiro atoms. The number of hydrogen-bond acceptors (Lipinski definition) is 4. The average molecular weight is 311 g/mol. The van der Waals surface area contributed by atoms with Crippen LogP contribution >= 0.6 is 0 Å². The molecular formula is C16H17N5O2. The number of rotatable bonds is 3. The number of carbonyl (C=O) groups excluding carboxylic acids is 1. The lowest BCUT2D eigenvalue weighted by molar-refractivity contribution is 0.0819. The summed E-state index contributed by atoms with van der Waals surface area (Å²) in [5.74, 6) is -0.188. The predicted octanol–water partition coefficient (Wildman–Crippen LogP) is 1.56. The van der Waals surface area contributed by atoms with Gasteiger partial charge in [0.05, 0.1) is 17.8 Å². The van der Waals surface area contributed by atoms with Crippen LogP contribution in [-0.4, -0.2) is 38.5 Å². The summed E-state index contributed by atoms with van der Waals surface area (Å²) in [5.41, 5.74) is 2.24. The summed E-state index contributed by atoms with van der Waals surface area (Å²) in [6, 6.07) is 7.51. The number of nitrogens with zero attached hydrogens (tertiary/aromatic N) is 3. The summed E-state index contributed by atoms with van der Waals surface area (Å²) in [5, 5.41) is 15.1. The van der Waals surface area contributed by atoms with Gasteiger partial charge in [-0.3, -0.25) is 14.6 Å². The van der Waals surface area contributed by atoms with Crippen molar-refractivity contribution in [2.45, 2.75) is 18.6 Å². The first kappa shape index (κ1) is 14.0. The number of amides is 1. The third-order valence-corrected chi connectivity index (χ3v) is 4.15. The Hall–Kier alpha value is -2.67. The molecule has 118 valence electrons. The minimum atomic E-state index is -0.188. The zero-order chi connectivity index (χ0) is 15.8. The number of benzene rings is 1. The van der Waals surface area contributed by atoms with Crippen molar-refractivity contribution in [1.29, 1.82) is 0 Å². The molecule has 2 N–H and O–H groups in total. The van der Waals surface area contributed by atoms with Gasteiger partial charge in [0, 0.05) is 30.8 Å². The Morgan fingerprint density at radius 3 is 3.13 bits per heavy atom. The van der Waals surface area contributed by atoms with Crippen molar-refractivity contribution in [2.24, 2.45) is 7.05 Å². The summed E-state index contributed by atoms with van der Waals surface area (Å²) < 4.78 is 7.51. The highest BCUT2D eigenvalue weighted by atomic mass is 16.5. The van der Waals surface area contributed by atoms with Crippen LogP contribution in [0.3, 0.4) is 0 Å². The van der Waals surface area contributed by atoms with Crippen LogP contribution in [0.15, 0.2) is 36.7 Å². The van der Waals surface area contributed by atoms with E-state index in [-0.39, 0.29) is 18.1 Å². The largest absolute Gasteiger partial charge is 0.371 e. The molecule has 1 saturated heterocycles. The van der Waals surface area contributed by atoms with E-state index in [0.29, 0.717) is 12.3 Å². The van der Waals surface area contributed by atoms with Crippen LogP contribution < -0.4 is 5.32 Å². The number of ether oxygens (including phenoxy) is 1. The molecule has 7 nitrogen and oxygen atoms in total. The second-order valence-electron chi connectivity index (χ2n) is 5.73. The first-order chi connectivity index (χ1) is 11.2. The van der Waals surface area contributed by atoms with Crippen LogP contribution in [0.4, 0.5) is 0 Å². The lowest BCUT2D eigenvalue weighted by atomic mass is 10.1. The lowest BCUT2D eigenvalue weighted by Crippen LogP contribution is -2.37. The molecule has 0 aliphatic carbocycles. The summed E-state index contributed by atoms with van der Waals surface area (Å²) in [6.07, 6.45) is 4.30. The highest BCUT2D eigenvalue weighted by Gasteiger charge is 2.32. The molecule has 0 radical (unpaired) electrons. The van der Waals surface area contributed by atoms with Crippen LogP contribution in [0.25, 0.3) is 10.9 Å². The molecule has 3 aromatic rings. The number of carbonyl (C=O) groups is 1. The molecular weight excluding hydrogens is 294 g/mol. The molecule has 1 aliphatic heterocycles. The van der Waals surface area contributed by atoms with E-state index in [1.807, 2.05) is 37.5 Å². The molecule has 1 aliphatic rings. The van der Waals surface area contributed by atoms with Crippen molar-refractivity contribution < 1.29 is 9.53 Å². The SMILES string of the molecule is Cn1cc([C@H]2OCC[C@@H]2NC(=O)c2n[nH]c3ccccc23)cn1. The standard InChI is InChI=1S/C16H17N5O2/c1-21-9-10(8-17-21)15-13(6-7-23-15)18-16(22)14-11-4-2-3-5-12(11)19-20-14/h2-5,8-9,13,15H,6-7H2,1H3,(H,18,22)(H,19,20)/t13-,15+/m0/s1. The molecule has 0 bridgehead atoms. The van der Waals surface area contributed by atoms with Crippen LogP contribution in [0, 0.1) is 0 Å². The Morgan fingerprint density at radius 2 is 2.30 bits per heavy atom. The van der Waals surface area contributed by atoms with Gasteiger partial charge < -0.3 is 10.1 Å². The topological polar surface area (TPSA) is 84.8 Å². The van der Waals surface area contributed by atoms with Crippen molar-refractivity contribution in [3.8, 4) is 0 Å². The van der Waals surface area contributed by atoms with Gasteiger partial charge in [0.25, 0.3) is 5.91 Å². The molecule has 3 heterocycles. The Balaban J connectivity index is 1.56. The van der Waals surface area contributed by atoms with Crippen LogP contribution in [0.1, 0.15) is 28.6 Å². The van der Waals surface area contributed by atoms with E-state index in [4.69, 9.17) is 4.74 Å². The minimum absolute atomic E-state index is 0.0813. The highest BCUT2D eigenvalue weighted by Crippen LogP contribution is 2.29. The highest BCUT2D eigenvalue weighted by molar-refractivity contribution is 6.04. The molecule has 0 saturated carbocycles. The molecule has 1 aromatic carbocycles. The monoisotopic (exact) mass is 311 g/mol. The Bertz CT molecular complexity index is 853. The van der Waals surface area contributed by atoms with Gasteiger partial charge in [-0.25, -0.2) is 0 Å². The molecule has 2 aromatic heterocycles. The van der Waals surface area contributed by atoms with Crippen molar-refractivity contribution in [3.05, 3.63) is 47.9 Å². The van der Waals surface area contributed by atoms with Gasteiger partial charge in [-0.1, -0.05) is 18.2 Å². The van der Waals surface area contributed by atoms with E-state index in [0.717, 1.165) is 22.9 Å². The zero-order valence-electron chi connectivity index (χ0n) is 12.7. The maximum absolute atomic E-state index is 12.6. The van der Waals surface area contributed by atoms with Gasteiger partial charge in [-0.2, -0.15) is 10.2 Å². The van der Waals surface area contributed by atoms with Gasteiger partial charge in [-0.15, -0.1) is 0 Å². The number of nitrogens with one attached hydrogen (secondary N) is 2. The third kappa shape index (κ3) is 2.49. The summed E-state index contributed by atoms with van der Waals surface area (Å²) in [6.45, 7) is 0.617. The fraction of sp³-hybridized carbons (Fsp3) is 0.312. The fourth-order valence-corrected chi connectivity index (χ4v) is 3.03. The number of aromatic nitrogens is 4. The first-order valence-electron chi connectivity index (χ1n) is 7.56. The summed E-state index contributed by atoms with van der Waals surface area (Å²) in [7, 11) is 1.86. The van der Waals surface area contributed by atoms with Gasteiger partial charge in [0.2, 0.25) is 0 Å². The molecule has 7 heteroatoms. The second-order valence-corrected chi connectivity index (χ2v) is 5.73. The van der Waals surface area contributed by atoms with Crippen LogP contribution in [0.2, 0.25) is 0 Å². The summed E-state index contributed by atoms with van der Waals surface area (Å²) >= 11 is 0. The maximum Gasteiger partial charge on any atom is 0.272 e. The molecule has 0 unspecified atom stereocenters. The first-order valence-corrected chi connectivity index (χ1v) is 7.56. The molecule has 23 heavy (non-hydrogen) atoms. The lowest BCUT2D eigenvalue weighted by Gasteiger charge is -2.18. The molecule has 4 rings (SSSR count). The quantitative estimate of drug-likeness (QED) is 0.768. The van der Waals surface area contributed by atoms with E-state index in [1.54, 1.807) is 10.9 Å². The van der Waals surface area contributed by atoms with Gasteiger partial charge >= 0.3 is 0 Å². The number of fused-ring (bicyclic) bond motifs is 1. The Labute approximate surface area is 132 Å². The van der Waals surface area contributed by atoms with E-state index >= 15 is 0 Å². The number of para-hydroxylation sites is 1. The second kappa shape index (κ2) is 5.51. The normalized spacial score (nSPS) is 20.9. The van der Waals surface area contributed by atoms with Crippen molar-refractivity contribution in [3.63, 3.8) is 0 Å². The van der Waals surface area contributed by atoms with Gasteiger partial charge in [0.15, 0.2) is 5.69 Å². The van der Waals surface area contributed by atoms with Crippen molar-refractivity contribution in [1.82, 2.24) is 25.3 Å². The minimum Gasteiger partial charge on any atom is -0.371 e. The maximum atomic E-state index is 12.6. The number of hydrogen-bond donors (Lipinski definition) is 2. The average Bonchev–Trinajstić information content (AvgIpc) is 3.25. The Kier molecular flexibility index (Phi) is 3.34. The molecule has 1 amide bonds. The number of aryl methyl sites for hydroxylation is 1. The third-order valence-electron chi connectivity index (χ3n) is 4.15. The van der Waals surface area contributed by atoms with Crippen LogP contribution in [-0.2, 0) is 11.8 Å². The number of aromatic amines is 1. The van der Waals surface area contributed by atoms with E-state index in [1.165, 1.54) is 0 Å². The summed E-state index contributed by atoms with van der Waals surface area (Å²) in [4.78, 5) is 12.6.